The molecular formula is C20H27ClN4O2. The van der Waals surface area contributed by atoms with Crippen molar-refractivity contribution in [3.8, 4) is 5.75 Å². The first-order valence-electron chi connectivity index (χ1n) is 9.33. The Morgan fingerprint density at radius 3 is 2.52 bits per heavy atom. The third-order valence-corrected chi connectivity index (χ3v) is 5.40. The Morgan fingerprint density at radius 1 is 1.26 bits per heavy atom. The van der Waals surface area contributed by atoms with Crippen molar-refractivity contribution in [2.24, 2.45) is 13.0 Å². The Kier molecular flexibility index (Phi) is 6.39. The van der Waals surface area contributed by atoms with E-state index in [9.17, 15) is 4.79 Å². The molecule has 1 fully saturated rings. The Balaban J connectivity index is 1.41. The van der Waals surface area contributed by atoms with Crippen LogP contribution in [-0.4, -0.2) is 46.8 Å². The maximum Gasteiger partial charge on any atom is 0.238 e. The molecule has 6 nitrogen and oxygen atoms in total. The second kappa shape index (κ2) is 8.76. The Hall–Kier alpha value is -2.05. The standard InChI is InChI=1S/C20H27ClN4O2/c1-14-20(15(2)24(3)23-14)22-19(26)12-25-10-8-16(9-11-25)13-27-18-6-4-17(21)5-7-18/h4-7,16H,8-13H2,1-3H3,(H,22,26). The molecule has 1 N–H and O–H groups in total. The van der Waals surface area contributed by atoms with Crippen molar-refractivity contribution in [3.63, 3.8) is 0 Å². The third-order valence-electron chi connectivity index (χ3n) is 5.15. The van der Waals surface area contributed by atoms with Gasteiger partial charge in [0.2, 0.25) is 5.91 Å². The van der Waals surface area contributed by atoms with Gasteiger partial charge < -0.3 is 10.1 Å². The molecule has 1 aromatic heterocycles. The summed E-state index contributed by atoms with van der Waals surface area (Å²) in [6.07, 6.45) is 2.07. The molecule has 3 rings (SSSR count). The van der Waals surface area contributed by atoms with Crippen LogP contribution < -0.4 is 10.1 Å². The zero-order valence-electron chi connectivity index (χ0n) is 16.2. The molecular weight excluding hydrogens is 364 g/mol. The lowest BCUT2D eigenvalue weighted by molar-refractivity contribution is -0.117. The number of anilines is 1. The van der Waals surface area contributed by atoms with Crippen LogP contribution in [0.4, 0.5) is 5.69 Å². The molecule has 2 heterocycles. The van der Waals surface area contributed by atoms with Crippen LogP contribution in [0.5, 0.6) is 5.75 Å². The number of likely N-dealkylation sites (tertiary alicyclic amines) is 1. The average molecular weight is 391 g/mol. The molecule has 0 saturated carbocycles. The minimum absolute atomic E-state index is 0.0186. The van der Waals surface area contributed by atoms with Crippen molar-refractivity contribution >= 4 is 23.2 Å². The van der Waals surface area contributed by atoms with E-state index in [-0.39, 0.29) is 5.91 Å². The lowest BCUT2D eigenvalue weighted by Crippen LogP contribution is -2.40. The number of carbonyl (C=O) groups excluding carboxylic acids is 1. The fourth-order valence-corrected chi connectivity index (χ4v) is 3.52. The van der Waals surface area contributed by atoms with Crippen molar-refractivity contribution in [2.45, 2.75) is 26.7 Å². The van der Waals surface area contributed by atoms with Crippen LogP contribution in [0.3, 0.4) is 0 Å². The highest BCUT2D eigenvalue weighted by molar-refractivity contribution is 6.30. The number of rotatable bonds is 6. The number of aryl methyl sites for hydroxylation is 2. The van der Waals surface area contributed by atoms with Gasteiger partial charge >= 0.3 is 0 Å². The summed E-state index contributed by atoms with van der Waals surface area (Å²) in [6, 6.07) is 7.46. The highest BCUT2D eigenvalue weighted by atomic mass is 35.5. The molecule has 0 radical (unpaired) electrons. The molecule has 0 spiro atoms. The highest BCUT2D eigenvalue weighted by Gasteiger charge is 2.22. The zero-order valence-corrected chi connectivity index (χ0v) is 16.9. The fourth-order valence-electron chi connectivity index (χ4n) is 3.39. The minimum atomic E-state index is 0.0186. The molecule has 0 unspecified atom stereocenters. The summed E-state index contributed by atoms with van der Waals surface area (Å²) in [5.41, 5.74) is 2.65. The molecule has 0 bridgehead atoms. The van der Waals surface area contributed by atoms with E-state index in [1.165, 1.54) is 0 Å². The molecule has 146 valence electrons. The van der Waals surface area contributed by atoms with Crippen molar-refractivity contribution in [2.75, 3.05) is 31.6 Å². The number of piperidine rings is 1. The van der Waals surface area contributed by atoms with Crippen molar-refractivity contribution in [1.29, 1.82) is 0 Å². The van der Waals surface area contributed by atoms with E-state index in [0.717, 1.165) is 48.8 Å². The summed E-state index contributed by atoms with van der Waals surface area (Å²) in [6.45, 7) is 6.81. The molecule has 2 aromatic rings. The smallest absolute Gasteiger partial charge is 0.238 e. The van der Waals surface area contributed by atoms with Gasteiger partial charge in [-0.25, -0.2) is 0 Å². The van der Waals surface area contributed by atoms with Gasteiger partial charge in [0, 0.05) is 12.1 Å². The first-order chi connectivity index (χ1) is 12.9. The Morgan fingerprint density at radius 2 is 1.93 bits per heavy atom. The summed E-state index contributed by atoms with van der Waals surface area (Å²) in [5, 5.41) is 8.06. The number of halogens is 1. The van der Waals surface area contributed by atoms with Gasteiger partial charge in [0.15, 0.2) is 0 Å². The largest absolute Gasteiger partial charge is 0.493 e. The molecule has 1 aromatic carbocycles. The maximum absolute atomic E-state index is 12.4. The van der Waals surface area contributed by atoms with Crippen molar-refractivity contribution in [3.05, 3.63) is 40.7 Å². The topological polar surface area (TPSA) is 59.4 Å². The number of amides is 1. The van der Waals surface area contributed by atoms with Gasteiger partial charge in [-0.2, -0.15) is 5.10 Å². The molecule has 1 aliphatic heterocycles. The number of hydrogen-bond donors (Lipinski definition) is 1. The molecule has 1 saturated heterocycles. The number of ether oxygens (including phenoxy) is 1. The van der Waals surface area contributed by atoms with E-state index >= 15 is 0 Å². The Labute approximate surface area is 165 Å². The SMILES string of the molecule is Cc1nn(C)c(C)c1NC(=O)CN1CCC(COc2ccc(Cl)cc2)CC1. The zero-order chi connectivity index (χ0) is 19.4. The number of carbonyl (C=O) groups is 1. The molecule has 7 heteroatoms. The monoisotopic (exact) mass is 390 g/mol. The average Bonchev–Trinajstić information content (AvgIpc) is 2.88. The van der Waals surface area contributed by atoms with Crippen LogP contribution in [0.1, 0.15) is 24.2 Å². The number of hydrogen-bond acceptors (Lipinski definition) is 4. The third kappa shape index (κ3) is 5.23. The van der Waals surface area contributed by atoms with Crippen LogP contribution in [-0.2, 0) is 11.8 Å². The van der Waals surface area contributed by atoms with E-state index in [1.807, 2.05) is 45.2 Å². The van der Waals surface area contributed by atoms with Crippen LogP contribution >= 0.6 is 11.6 Å². The van der Waals surface area contributed by atoms with Gasteiger partial charge in [0.05, 0.1) is 30.2 Å². The first-order valence-corrected chi connectivity index (χ1v) is 9.71. The summed E-state index contributed by atoms with van der Waals surface area (Å²) >= 11 is 5.89. The maximum atomic E-state index is 12.4. The summed E-state index contributed by atoms with van der Waals surface area (Å²) in [5.74, 6) is 1.39. The predicted octanol–water partition coefficient (Wildman–Crippen LogP) is 3.42. The molecule has 27 heavy (non-hydrogen) atoms. The molecule has 0 atom stereocenters. The van der Waals surface area contributed by atoms with Crippen LogP contribution in [0.25, 0.3) is 0 Å². The summed E-state index contributed by atoms with van der Waals surface area (Å²) < 4.78 is 7.65. The van der Waals surface area contributed by atoms with E-state index in [0.29, 0.717) is 24.1 Å². The fraction of sp³-hybridized carbons (Fsp3) is 0.500. The lowest BCUT2D eigenvalue weighted by Gasteiger charge is -2.31. The van der Waals surface area contributed by atoms with Crippen LogP contribution in [0.2, 0.25) is 5.02 Å². The van der Waals surface area contributed by atoms with Gasteiger partial charge in [-0.15, -0.1) is 0 Å². The molecule has 0 aliphatic carbocycles. The number of nitrogens with zero attached hydrogens (tertiary/aromatic N) is 3. The second-order valence-corrected chi connectivity index (χ2v) is 7.64. The minimum Gasteiger partial charge on any atom is -0.493 e. The molecule has 1 amide bonds. The number of nitrogens with one attached hydrogen (secondary N) is 1. The van der Waals surface area contributed by atoms with Gasteiger partial charge in [0.1, 0.15) is 5.75 Å². The van der Waals surface area contributed by atoms with E-state index in [4.69, 9.17) is 16.3 Å². The summed E-state index contributed by atoms with van der Waals surface area (Å²) in [7, 11) is 1.88. The van der Waals surface area contributed by atoms with Crippen molar-refractivity contribution < 1.29 is 9.53 Å². The van der Waals surface area contributed by atoms with Gasteiger partial charge in [-0.1, -0.05) is 11.6 Å². The quantitative estimate of drug-likeness (QED) is 0.821. The Bertz CT molecular complexity index is 780. The number of aromatic nitrogens is 2. The van der Waals surface area contributed by atoms with Crippen molar-refractivity contribution in [1.82, 2.24) is 14.7 Å². The number of benzene rings is 1. The summed E-state index contributed by atoms with van der Waals surface area (Å²) in [4.78, 5) is 14.6. The normalized spacial score (nSPS) is 15.7. The van der Waals surface area contributed by atoms with Gasteiger partial charge in [-0.05, 0) is 70.0 Å². The second-order valence-electron chi connectivity index (χ2n) is 7.20. The van der Waals surface area contributed by atoms with Gasteiger partial charge in [-0.3, -0.25) is 14.4 Å². The molecule has 1 aliphatic rings. The van der Waals surface area contributed by atoms with E-state index in [2.05, 4.69) is 15.3 Å². The predicted molar refractivity (Wildman–Crippen MR) is 107 cm³/mol. The van der Waals surface area contributed by atoms with Crippen LogP contribution in [0.15, 0.2) is 24.3 Å². The van der Waals surface area contributed by atoms with E-state index < -0.39 is 0 Å². The lowest BCUT2D eigenvalue weighted by atomic mass is 9.98. The highest BCUT2D eigenvalue weighted by Crippen LogP contribution is 2.22. The van der Waals surface area contributed by atoms with E-state index in [1.54, 1.807) is 4.68 Å². The first kappa shape index (κ1) is 19.7. The van der Waals surface area contributed by atoms with Gasteiger partial charge in [0.25, 0.3) is 0 Å². The van der Waals surface area contributed by atoms with Crippen LogP contribution in [0, 0.1) is 19.8 Å².